The highest BCUT2D eigenvalue weighted by Crippen LogP contribution is 2.36. The standard InChI is InChI=1S/C8H15NO2.ClH/c1-8(9,5-7(10)11)6-3-2-4-6;/h6H,2-5,9H2,1H3,(H,10,11);1H. The molecule has 3 nitrogen and oxygen atoms in total. The van der Waals surface area contributed by atoms with Gasteiger partial charge in [-0.05, 0) is 25.7 Å². The van der Waals surface area contributed by atoms with Gasteiger partial charge in [0, 0.05) is 5.54 Å². The third kappa shape index (κ3) is 2.64. The lowest BCUT2D eigenvalue weighted by Crippen LogP contribution is -2.48. The summed E-state index contributed by atoms with van der Waals surface area (Å²) in [5.74, 6) is -0.361. The first-order valence-corrected chi connectivity index (χ1v) is 4.03. The summed E-state index contributed by atoms with van der Waals surface area (Å²) in [6, 6.07) is 0. The summed E-state index contributed by atoms with van der Waals surface area (Å²) in [6.45, 7) is 1.84. The van der Waals surface area contributed by atoms with Crippen LogP contribution in [0.1, 0.15) is 32.6 Å². The molecule has 1 aliphatic rings. The molecule has 72 valence electrons. The van der Waals surface area contributed by atoms with E-state index in [2.05, 4.69) is 0 Å². The predicted octanol–water partition coefficient (Wildman–Crippen LogP) is 1.40. The van der Waals surface area contributed by atoms with Crippen LogP contribution in [0.2, 0.25) is 0 Å². The number of carboxylic acids is 1. The van der Waals surface area contributed by atoms with E-state index in [1.165, 1.54) is 6.42 Å². The van der Waals surface area contributed by atoms with E-state index in [1.54, 1.807) is 0 Å². The Balaban J connectivity index is 0.00000121. The van der Waals surface area contributed by atoms with E-state index in [9.17, 15) is 4.79 Å². The Labute approximate surface area is 78.7 Å². The third-order valence-corrected chi connectivity index (χ3v) is 2.57. The average molecular weight is 194 g/mol. The minimum atomic E-state index is -0.790. The molecular formula is C8H16ClNO2. The molecular weight excluding hydrogens is 178 g/mol. The Morgan fingerprint density at radius 3 is 2.42 bits per heavy atom. The van der Waals surface area contributed by atoms with Crippen molar-refractivity contribution in [3.05, 3.63) is 0 Å². The summed E-state index contributed by atoms with van der Waals surface area (Å²) in [5.41, 5.74) is 5.36. The van der Waals surface area contributed by atoms with Gasteiger partial charge in [-0.25, -0.2) is 0 Å². The van der Waals surface area contributed by atoms with Gasteiger partial charge in [0.25, 0.3) is 0 Å². The molecule has 12 heavy (non-hydrogen) atoms. The van der Waals surface area contributed by atoms with Gasteiger partial charge in [-0.2, -0.15) is 0 Å². The first-order chi connectivity index (χ1) is 5.02. The number of aliphatic carboxylic acids is 1. The lowest BCUT2D eigenvalue weighted by Gasteiger charge is -2.39. The molecule has 0 aromatic carbocycles. The Kier molecular flexibility index (Phi) is 4.00. The zero-order valence-corrected chi connectivity index (χ0v) is 8.06. The van der Waals surface area contributed by atoms with E-state index in [-0.39, 0.29) is 18.8 Å². The molecule has 0 aromatic rings. The van der Waals surface area contributed by atoms with Crippen molar-refractivity contribution in [2.45, 2.75) is 38.1 Å². The zero-order valence-electron chi connectivity index (χ0n) is 7.25. The van der Waals surface area contributed by atoms with Crippen molar-refractivity contribution in [2.24, 2.45) is 11.7 Å². The first-order valence-electron chi connectivity index (χ1n) is 4.03. The highest BCUT2D eigenvalue weighted by molar-refractivity contribution is 5.85. The van der Waals surface area contributed by atoms with Gasteiger partial charge in [0.2, 0.25) is 0 Å². The number of nitrogens with two attached hydrogens (primary N) is 1. The molecule has 3 N–H and O–H groups in total. The Morgan fingerprint density at radius 2 is 2.17 bits per heavy atom. The summed E-state index contributed by atoms with van der Waals surface area (Å²) >= 11 is 0. The predicted molar refractivity (Wildman–Crippen MR) is 49.4 cm³/mol. The van der Waals surface area contributed by atoms with Gasteiger partial charge >= 0.3 is 5.97 Å². The van der Waals surface area contributed by atoms with Gasteiger partial charge in [-0.1, -0.05) is 6.42 Å². The highest BCUT2D eigenvalue weighted by atomic mass is 35.5. The second-order valence-electron chi connectivity index (χ2n) is 3.70. The highest BCUT2D eigenvalue weighted by Gasteiger charge is 2.35. The van der Waals surface area contributed by atoms with Crippen molar-refractivity contribution in [1.82, 2.24) is 0 Å². The first kappa shape index (κ1) is 11.7. The molecule has 1 atom stereocenters. The lowest BCUT2D eigenvalue weighted by atomic mass is 9.71. The quantitative estimate of drug-likeness (QED) is 0.712. The maximum absolute atomic E-state index is 10.4. The largest absolute Gasteiger partial charge is 0.481 e. The molecule has 0 heterocycles. The second kappa shape index (κ2) is 4.10. The topological polar surface area (TPSA) is 63.3 Å². The van der Waals surface area contributed by atoms with Crippen LogP contribution in [-0.4, -0.2) is 16.6 Å². The summed E-state index contributed by atoms with van der Waals surface area (Å²) in [6.07, 6.45) is 3.50. The van der Waals surface area contributed by atoms with E-state index in [0.717, 1.165) is 12.8 Å². The molecule has 1 fully saturated rings. The van der Waals surface area contributed by atoms with E-state index in [1.807, 2.05) is 6.92 Å². The Morgan fingerprint density at radius 1 is 1.67 bits per heavy atom. The van der Waals surface area contributed by atoms with Crippen LogP contribution in [0.3, 0.4) is 0 Å². The molecule has 0 amide bonds. The Hall–Kier alpha value is -0.280. The van der Waals surface area contributed by atoms with Gasteiger partial charge in [-0.15, -0.1) is 12.4 Å². The smallest absolute Gasteiger partial charge is 0.305 e. The molecule has 4 heteroatoms. The zero-order chi connectivity index (χ0) is 8.48. The Bertz CT molecular complexity index is 166. The van der Waals surface area contributed by atoms with Crippen LogP contribution in [0.5, 0.6) is 0 Å². The molecule has 0 radical (unpaired) electrons. The summed E-state index contributed by atoms with van der Waals surface area (Å²) < 4.78 is 0. The summed E-state index contributed by atoms with van der Waals surface area (Å²) in [4.78, 5) is 10.4. The van der Waals surface area contributed by atoms with Gasteiger partial charge in [0.1, 0.15) is 0 Å². The number of hydrogen-bond acceptors (Lipinski definition) is 2. The average Bonchev–Trinajstić information content (AvgIpc) is 1.50. The SMILES string of the molecule is CC(N)(CC(=O)O)C1CCC1.Cl. The fourth-order valence-electron chi connectivity index (χ4n) is 1.54. The van der Waals surface area contributed by atoms with Crippen LogP contribution in [-0.2, 0) is 4.79 Å². The molecule has 0 saturated heterocycles. The van der Waals surface area contributed by atoms with Gasteiger partial charge in [0.05, 0.1) is 6.42 Å². The molecule has 1 unspecified atom stereocenters. The number of rotatable bonds is 3. The minimum absolute atomic E-state index is 0. The molecule has 1 aliphatic carbocycles. The van der Waals surface area contributed by atoms with Crippen molar-refractivity contribution in [2.75, 3.05) is 0 Å². The molecule has 0 spiro atoms. The fraction of sp³-hybridized carbons (Fsp3) is 0.875. The van der Waals surface area contributed by atoms with Gasteiger partial charge in [0.15, 0.2) is 0 Å². The molecule has 1 saturated carbocycles. The third-order valence-electron chi connectivity index (χ3n) is 2.57. The van der Waals surface area contributed by atoms with E-state index in [0.29, 0.717) is 5.92 Å². The summed E-state index contributed by atoms with van der Waals surface area (Å²) in [5, 5.41) is 8.54. The van der Waals surface area contributed by atoms with Crippen molar-refractivity contribution >= 4 is 18.4 Å². The van der Waals surface area contributed by atoms with Crippen LogP contribution in [0, 0.1) is 5.92 Å². The van der Waals surface area contributed by atoms with Gasteiger partial charge < -0.3 is 10.8 Å². The lowest BCUT2D eigenvalue weighted by molar-refractivity contribution is -0.139. The van der Waals surface area contributed by atoms with Crippen LogP contribution < -0.4 is 5.73 Å². The molecule has 0 aliphatic heterocycles. The number of halogens is 1. The number of hydrogen-bond donors (Lipinski definition) is 2. The molecule has 0 aromatic heterocycles. The number of carbonyl (C=O) groups is 1. The van der Waals surface area contributed by atoms with Crippen LogP contribution in [0.25, 0.3) is 0 Å². The molecule has 1 rings (SSSR count). The van der Waals surface area contributed by atoms with E-state index >= 15 is 0 Å². The van der Waals surface area contributed by atoms with E-state index in [4.69, 9.17) is 10.8 Å². The second-order valence-corrected chi connectivity index (χ2v) is 3.70. The number of carboxylic acid groups (broad SMARTS) is 1. The van der Waals surface area contributed by atoms with Gasteiger partial charge in [-0.3, -0.25) is 4.79 Å². The van der Waals surface area contributed by atoms with Crippen molar-refractivity contribution < 1.29 is 9.90 Å². The van der Waals surface area contributed by atoms with Crippen molar-refractivity contribution in [1.29, 1.82) is 0 Å². The van der Waals surface area contributed by atoms with Crippen LogP contribution in [0.15, 0.2) is 0 Å². The van der Waals surface area contributed by atoms with Crippen molar-refractivity contribution in [3.8, 4) is 0 Å². The normalized spacial score (nSPS) is 21.8. The maximum Gasteiger partial charge on any atom is 0.305 e. The maximum atomic E-state index is 10.4. The van der Waals surface area contributed by atoms with Crippen LogP contribution in [0.4, 0.5) is 0 Å². The molecule has 0 bridgehead atoms. The van der Waals surface area contributed by atoms with Crippen molar-refractivity contribution in [3.63, 3.8) is 0 Å². The monoisotopic (exact) mass is 193 g/mol. The fourth-order valence-corrected chi connectivity index (χ4v) is 1.54. The summed E-state index contributed by atoms with van der Waals surface area (Å²) in [7, 11) is 0. The van der Waals surface area contributed by atoms with Crippen LogP contribution >= 0.6 is 12.4 Å². The van der Waals surface area contributed by atoms with E-state index < -0.39 is 11.5 Å². The minimum Gasteiger partial charge on any atom is -0.481 e.